The number of carboxylic acids is 1. The monoisotopic (exact) mass is 266 g/mol. The summed E-state index contributed by atoms with van der Waals surface area (Å²) in [7, 11) is 0. The fraction of sp³-hybridized carbons (Fsp3) is 0.417. The van der Waals surface area contributed by atoms with Gasteiger partial charge in [0.25, 0.3) is 5.91 Å². The Morgan fingerprint density at radius 2 is 2.28 bits per heavy atom. The summed E-state index contributed by atoms with van der Waals surface area (Å²) >= 11 is 1.39. The highest BCUT2D eigenvalue weighted by Gasteiger charge is 2.35. The number of pyridine rings is 1. The van der Waals surface area contributed by atoms with Crippen molar-refractivity contribution in [3.63, 3.8) is 0 Å². The topological polar surface area (TPSA) is 70.5 Å². The molecule has 18 heavy (non-hydrogen) atoms. The number of amides is 1. The van der Waals surface area contributed by atoms with Crippen LogP contribution in [0.25, 0.3) is 0 Å². The lowest BCUT2D eigenvalue weighted by Gasteiger charge is -2.20. The zero-order valence-corrected chi connectivity index (χ0v) is 10.8. The van der Waals surface area contributed by atoms with Gasteiger partial charge in [-0.1, -0.05) is 0 Å². The summed E-state index contributed by atoms with van der Waals surface area (Å²) in [4.78, 5) is 28.7. The first-order chi connectivity index (χ1) is 8.63. The highest BCUT2D eigenvalue weighted by molar-refractivity contribution is 7.98. The van der Waals surface area contributed by atoms with E-state index in [1.54, 1.807) is 18.3 Å². The van der Waals surface area contributed by atoms with E-state index in [1.165, 1.54) is 16.7 Å². The Kier molecular flexibility index (Phi) is 3.86. The first-order valence-electron chi connectivity index (χ1n) is 5.65. The third-order valence-corrected chi connectivity index (χ3v) is 3.46. The van der Waals surface area contributed by atoms with Gasteiger partial charge in [-0.15, -0.1) is 11.8 Å². The molecule has 1 aliphatic rings. The molecule has 6 heteroatoms. The van der Waals surface area contributed by atoms with Crippen LogP contribution in [0.5, 0.6) is 0 Å². The summed E-state index contributed by atoms with van der Waals surface area (Å²) in [5.41, 5.74) is 0.484. The van der Waals surface area contributed by atoms with Crippen molar-refractivity contribution in [2.75, 3.05) is 12.8 Å². The van der Waals surface area contributed by atoms with Crippen molar-refractivity contribution in [1.82, 2.24) is 9.88 Å². The Balaban J connectivity index is 2.24. The highest BCUT2D eigenvalue weighted by atomic mass is 32.2. The molecule has 0 bridgehead atoms. The van der Waals surface area contributed by atoms with Crippen LogP contribution < -0.4 is 0 Å². The van der Waals surface area contributed by atoms with Crippen molar-refractivity contribution >= 4 is 23.6 Å². The summed E-state index contributed by atoms with van der Waals surface area (Å²) in [6.45, 7) is -0.244. The maximum absolute atomic E-state index is 12.4. The molecule has 1 aromatic heterocycles. The Morgan fingerprint density at radius 1 is 1.56 bits per heavy atom. The average Bonchev–Trinajstić information content (AvgIpc) is 3.19. The fourth-order valence-electron chi connectivity index (χ4n) is 1.77. The molecule has 0 atom stereocenters. The number of carbonyl (C=O) groups is 2. The van der Waals surface area contributed by atoms with E-state index >= 15 is 0 Å². The van der Waals surface area contributed by atoms with Gasteiger partial charge in [-0.3, -0.25) is 9.59 Å². The Hall–Kier alpha value is -1.56. The lowest BCUT2D eigenvalue weighted by atomic mass is 10.2. The molecule has 1 N–H and O–H groups in total. The van der Waals surface area contributed by atoms with E-state index in [9.17, 15) is 9.59 Å². The predicted octanol–water partition coefficient (Wildman–Crippen LogP) is 1.49. The van der Waals surface area contributed by atoms with Crippen LogP contribution in [0.3, 0.4) is 0 Å². The number of carboxylic acid groups (broad SMARTS) is 1. The molecular formula is C12H14N2O3S. The molecule has 0 aliphatic heterocycles. The van der Waals surface area contributed by atoms with E-state index in [0.29, 0.717) is 10.6 Å². The van der Waals surface area contributed by atoms with Crippen LogP contribution in [0, 0.1) is 0 Å². The molecule has 0 saturated heterocycles. The summed E-state index contributed by atoms with van der Waals surface area (Å²) in [5.74, 6) is -1.22. The van der Waals surface area contributed by atoms with Gasteiger partial charge in [0.15, 0.2) is 0 Å². The van der Waals surface area contributed by atoms with Gasteiger partial charge in [0.1, 0.15) is 11.6 Å². The first kappa shape index (κ1) is 12.9. The van der Waals surface area contributed by atoms with Crippen molar-refractivity contribution in [2.24, 2.45) is 0 Å². The third-order valence-electron chi connectivity index (χ3n) is 2.75. The molecule has 0 radical (unpaired) electrons. The molecule has 1 amide bonds. The van der Waals surface area contributed by atoms with E-state index in [-0.39, 0.29) is 18.5 Å². The summed E-state index contributed by atoms with van der Waals surface area (Å²) in [6.07, 6.45) is 5.24. The minimum atomic E-state index is -0.982. The Morgan fingerprint density at radius 3 is 2.83 bits per heavy atom. The molecule has 1 heterocycles. The van der Waals surface area contributed by atoms with Crippen molar-refractivity contribution in [3.8, 4) is 0 Å². The van der Waals surface area contributed by atoms with Crippen LogP contribution in [-0.2, 0) is 4.79 Å². The summed E-state index contributed by atoms with van der Waals surface area (Å²) in [6, 6.07) is 3.46. The average molecular weight is 266 g/mol. The van der Waals surface area contributed by atoms with Crippen LogP contribution in [0.2, 0.25) is 0 Å². The second kappa shape index (κ2) is 5.39. The molecule has 1 aliphatic carbocycles. The van der Waals surface area contributed by atoms with Crippen LogP contribution in [0.1, 0.15) is 23.2 Å². The van der Waals surface area contributed by atoms with Gasteiger partial charge in [0.05, 0.1) is 5.56 Å². The van der Waals surface area contributed by atoms with Gasteiger partial charge < -0.3 is 10.0 Å². The number of hydrogen-bond acceptors (Lipinski definition) is 4. The Bertz CT molecular complexity index is 474. The molecule has 0 unspecified atom stereocenters. The van der Waals surface area contributed by atoms with Crippen molar-refractivity contribution < 1.29 is 14.7 Å². The number of thioether (sulfide) groups is 1. The zero-order valence-electron chi connectivity index (χ0n) is 10.00. The molecule has 1 saturated carbocycles. The van der Waals surface area contributed by atoms with Crippen molar-refractivity contribution in [3.05, 3.63) is 23.9 Å². The standard InChI is InChI=1S/C12H14N2O3S/c1-18-11-9(3-2-6-13-11)12(17)14(7-10(15)16)8-4-5-8/h2-3,6,8H,4-5,7H2,1H3,(H,15,16). The molecule has 5 nitrogen and oxygen atoms in total. The summed E-state index contributed by atoms with van der Waals surface area (Å²) in [5, 5.41) is 9.51. The number of rotatable bonds is 5. The zero-order chi connectivity index (χ0) is 13.1. The van der Waals surface area contributed by atoms with Crippen LogP contribution in [0.4, 0.5) is 0 Å². The lowest BCUT2D eigenvalue weighted by molar-refractivity contribution is -0.137. The van der Waals surface area contributed by atoms with Gasteiger partial charge in [-0.25, -0.2) is 4.98 Å². The van der Waals surface area contributed by atoms with Gasteiger partial charge >= 0.3 is 5.97 Å². The normalized spacial score (nSPS) is 14.3. The number of nitrogens with zero attached hydrogens (tertiary/aromatic N) is 2. The van der Waals surface area contributed by atoms with Crippen molar-refractivity contribution in [1.29, 1.82) is 0 Å². The van der Waals surface area contributed by atoms with Gasteiger partial charge in [-0.2, -0.15) is 0 Å². The maximum atomic E-state index is 12.4. The molecule has 1 fully saturated rings. The highest BCUT2D eigenvalue weighted by Crippen LogP contribution is 2.29. The largest absolute Gasteiger partial charge is 0.480 e. The van der Waals surface area contributed by atoms with E-state index in [2.05, 4.69) is 4.98 Å². The van der Waals surface area contributed by atoms with Crippen LogP contribution in [-0.4, -0.2) is 45.7 Å². The van der Waals surface area contributed by atoms with Crippen molar-refractivity contribution in [2.45, 2.75) is 23.9 Å². The number of hydrogen-bond donors (Lipinski definition) is 1. The second-order valence-corrected chi connectivity index (χ2v) is 4.91. The molecular weight excluding hydrogens is 252 g/mol. The van der Waals surface area contributed by atoms with Crippen LogP contribution >= 0.6 is 11.8 Å². The first-order valence-corrected chi connectivity index (χ1v) is 6.87. The molecule has 0 aromatic carbocycles. The SMILES string of the molecule is CSc1ncccc1C(=O)N(CC(=O)O)C1CC1. The lowest BCUT2D eigenvalue weighted by Crippen LogP contribution is -2.37. The number of carbonyl (C=O) groups excluding carboxylic acids is 1. The Labute approximate surface area is 109 Å². The molecule has 2 rings (SSSR count). The van der Waals surface area contributed by atoms with Gasteiger partial charge in [0.2, 0.25) is 0 Å². The second-order valence-electron chi connectivity index (χ2n) is 4.12. The predicted molar refractivity (Wildman–Crippen MR) is 67.7 cm³/mol. The molecule has 0 spiro atoms. The summed E-state index contributed by atoms with van der Waals surface area (Å²) < 4.78 is 0. The third kappa shape index (κ3) is 2.81. The maximum Gasteiger partial charge on any atom is 0.323 e. The quantitative estimate of drug-likeness (QED) is 0.818. The molecule has 96 valence electrons. The van der Waals surface area contributed by atoms with Gasteiger partial charge in [-0.05, 0) is 31.2 Å². The fourth-order valence-corrected chi connectivity index (χ4v) is 2.31. The van der Waals surface area contributed by atoms with E-state index < -0.39 is 5.97 Å². The number of aromatic nitrogens is 1. The number of aliphatic carboxylic acids is 1. The van der Waals surface area contributed by atoms with E-state index in [4.69, 9.17) is 5.11 Å². The van der Waals surface area contributed by atoms with E-state index in [0.717, 1.165) is 12.8 Å². The minimum Gasteiger partial charge on any atom is -0.480 e. The minimum absolute atomic E-state index is 0.0727. The van der Waals surface area contributed by atoms with E-state index in [1.807, 2.05) is 6.26 Å². The smallest absolute Gasteiger partial charge is 0.323 e. The molecule has 1 aromatic rings. The van der Waals surface area contributed by atoms with Crippen LogP contribution in [0.15, 0.2) is 23.4 Å². The van der Waals surface area contributed by atoms with Gasteiger partial charge in [0, 0.05) is 12.2 Å².